The normalized spacial score (nSPS) is 10.7. The largest absolute Gasteiger partial charge is 0.497 e. The standard InChI is InChI=1S/C28H26Cl2N4O4/c1-4-33(28(36)21-12-11-20(37-2)15-25(21)38-3)17-27(35)31-26-16-24(18-8-6-5-7-9-18)32-34(26)19-10-13-22(29)23(30)14-19/h5-16H,4,17H2,1-3H3,(H,31,35). The minimum Gasteiger partial charge on any atom is -0.497 e. The number of hydrogen-bond donors (Lipinski definition) is 1. The molecule has 0 spiro atoms. The van der Waals surface area contributed by atoms with Gasteiger partial charge < -0.3 is 19.7 Å². The summed E-state index contributed by atoms with van der Waals surface area (Å²) in [6.45, 7) is 1.93. The van der Waals surface area contributed by atoms with Crippen LogP contribution in [-0.2, 0) is 4.79 Å². The number of rotatable bonds is 9. The zero-order chi connectivity index (χ0) is 27.2. The van der Waals surface area contributed by atoms with Crippen LogP contribution in [-0.4, -0.2) is 53.8 Å². The van der Waals surface area contributed by atoms with E-state index in [2.05, 4.69) is 10.4 Å². The number of nitrogens with one attached hydrogen (secondary N) is 1. The van der Waals surface area contributed by atoms with Gasteiger partial charge >= 0.3 is 0 Å². The second kappa shape index (κ2) is 12.0. The van der Waals surface area contributed by atoms with Crippen LogP contribution in [0.1, 0.15) is 17.3 Å². The van der Waals surface area contributed by atoms with Gasteiger partial charge in [-0.05, 0) is 37.3 Å². The minimum atomic E-state index is -0.395. The Hall–Kier alpha value is -4.01. The van der Waals surface area contributed by atoms with E-state index in [1.165, 1.54) is 19.1 Å². The summed E-state index contributed by atoms with van der Waals surface area (Å²) in [5, 5.41) is 8.34. The SMILES string of the molecule is CCN(CC(=O)Nc1cc(-c2ccccc2)nn1-c1ccc(Cl)c(Cl)c1)C(=O)c1ccc(OC)cc1OC. The summed E-state index contributed by atoms with van der Waals surface area (Å²) in [4.78, 5) is 27.9. The molecule has 4 rings (SSSR count). The first-order valence-corrected chi connectivity index (χ1v) is 12.5. The monoisotopic (exact) mass is 552 g/mol. The lowest BCUT2D eigenvalue weighted by Crippen LogP contribution is -2.38. The van der Waals surface area contributed by atoms with E-state index in [9.17, 15) is 9.59 Å². The molecular weight excluding hydrogens is 527 g/mol. The summed E-state index contributed by atoms with van der Waals surface area (Å²) >= 11 is 12.3. The molecule has 1 N–H and O–H groups in total. The lowest BCUT2D eigenvalue weighted by atomic mass is 10.1. The predicted molar refractivity (Wildman–Crippen MR) is 149 cm³/mol. The molecule has 0 aliphatic heterocycles. The van der Waals surface area contributed by atoms with Gasteiger partial charge in [-0.2, -0.15) is 5.10 Å². The number of carbonyl (C=O) groups is 2. The van der Waals surface area contributed by atoms with Crippen molar-refractivity contribution < 1.29 is 19.1 Å². The number of anilines is 1. The van der Waals surface area contributed by atoms with E-state index < -0.39 is 5.91 Å². The summed E-state index contributed by atoms with van der Waals surface area (Å²) in [7, 11) is 3.01. The van der Waals surface area contributed by atoms with E-state index in [1.54, 1.807) is 54.1 Å². The molecule has 0 atom stereocenters. The molecule has 2 amide bonds. The van der Waals surface area contributed by atoms with Gasteiger partial charge in [0.1, 0.15) is 23.9 Å². The van der Waals surface area contributed by atoms with E-state index in [0.29, 0.717) is 50.9 Å². The van der Waals surface area contributed by atoms with Gasteiger partial charge in [0.05, 0.1) is 41.2 Å². The Morgan fingerprint density at radius 3 is 2.37 bits per heavy atom. The summed E-state index contributed by atoms with van der Waals surface area (Å²) in [6.07, 6.45) is 0. The summed E-state index contributed by atoms with van der Waals surface area (Å²) < 4.78 is 12.2. The Morgan fingerprint density at radius 1 is 0.947 bits per heavy atom. The second-order valence-corrected chi connectivity index (χ2v) is 9.04. The van der Waals surface area contributed by atoms with Gasteiger partial charge in [0.25, 0.3) is 5.91 Å². The molecule has 0 aliphatic rings. The topological polar surface area (TPSA) is 85.7 Å². The van der Waals surface area contributed by atoms with Crippen molar-refractivity contribution in [3.63, 3.8) is 0 Å². The number of carbonyl (C=O) groups excluding carboxylic acids is 2. The van der Waals surface area contributed by atoms with Crippen LogP contribution in [0.15, 0.2) is 72.8 Å². The van der Waals surface area contributed by atoms with Crippen molar-refractivity contribution in [1.82, 2.24) is 14.7 Å². The first kappa shape index (κ1) is 27.0. The average Bonchev–Trinajstić information content (AvgIpc) is 3.36. The van der Waals surface area contributed by atoms with Gasteiger partial charge in [-0.1, -0.05) is 53.5 Å². The van der Waals surface area contributed by atoms with Crippen LogP contribution in [0.2, 0.25) is 10.0 Å². The Morgan fingerprint density at radius 2 is 1.71 bits per heavy atom. The third-order valence-corrected chi connectivity index (χ3v) is 6.58. The van der Waals surface area contributed by atoms with Crippen LogP contribution in [0.4, 0.5) is 5.82 Å². The molecule has 0 saturated carbocycles. The van der Waals surface area contributed by atoms with Gasteiger partial charge in [0.2, 0.25) is 5.91 Å². The van der Waals surface area contributed by atoms with E-state index >= 15 is 0 Å². The highest BCUT2D eigenvalue weighted by molar-refractivity contribution is 6.42. The number of hydrogen-bond acceptors (Lipinski definition) is 5. The van der Waals surface area contributed by atoms with Crippen molar-refractivity contribution in [1.29, 1.82) is 0 Å². The lowest BCUT2D eigenvalue weighted by Gasteiger charge is -2.22. The molecule has 1 aromatic heterocycles. The van der Waals surface area contributed by atoms with Gasteiger partial charge in [-0.15, -0.1) is 0 Å². The molecule has 38 heavy (non-hydrogen) atoms. The molecular formula is C28H26Cl2N4O4. The number of methoxy groups -OCH3 is 2. The maximum Gasteiger partial charge on any atom is 0.258 e. The van der Waals surface area contributed by atoms with Crippen LogP contribution >= 0.6 is 23.2 Å². The van der Waals surface area contributed by atoms with Crippen LogP contribution in [0.3, 0.4) is 0 Å². The Bertz CT molecular complexity index is 1460. The van der Waals surface area contributed by atoms with Gasteiger partial charge in [0, 0.05) is 24.2 Å². The third-order valence-electron chi connectivity index (χ3n) is 5.84. The van der Waals surface area contributed by atoms with Crippen molar-refractivity contribution in [2.75, 3.05) is 32.6 Å². The zero-order valence-electron chi connectivity index (χ0n) is 21.1. The minimum absolute atomic E-state index is 0.183. The van der Waals surface area contributed by atoms with Crippen molar-refractivity contribution >= 4 is 40.8 Å². The highest BCUT2D eigenvalue weighted by atomic mass is 35.5. The number of halogens is 2. The van der Waals surface area contributed by atoms with Crippen LogP contribution < -0.4 is 14.8 Å². The van der Waals surface area contributed by atoms with Crippen molar-refractivity contribution in [2.24, 2.45) is 0 Å². The van der Waals surface area contributed by atoms with E-state index in [1.807, 2.05) is 30.3 Å². The maximum atomic E-state index is 13.3. The fraction of sp³-hybridized carbons (Fsp3) is 0.179. The number of nitrogens with zero attached hydrogens (tertiary/aromatic N) is 3. The molecule has 8 nitrogen and oxygen atoms in total. The number of amides is 2. The number of benzene rings is 3. The summed E-state index contributed by atoms with van der Waals surface area (Å²) in [5.41, 5.74) is 2.47. The van der Waals surface area contributed by atoms with E-state index in [-0.39, 0.29) is 12.5 Å². The van der Waals surface area contributed by atoms with Crippen molar-refractivity contribution in [3.05, 3.63) is 88.4 Å². The molecule has 0 bridgehead atoms. The van der Waals surface area contributed by atoms with Gasteiger partial charge in [-0.3, -0.25) is 9.59 Å². The molecule has 4 aromatic rings. The summed E-state index contributed by atoms with van der Waals surface area (Å²) in [6, 6.07) is 21.3. The predicted octanol–water partition coefficient (Wildman–Crippen LogP) is 5.96. The average molecular weight is 553 g/mol. The molecule has 0 aliphatic carbocycles. The lowest BCUT2D eigenvalue weighted by molar-refractivity contribution is -0.116. The smallest absolute Gasteiger partial charge is 0.258 e. The van der Waals surface area contributed by atoms with E-state index in [0.717, 1.165) is 5.56 Å². The Kier molecular flexibility index (Phi) is 8.55. The molecule has 1 heterocycles. The zero-order valence-corrected chi connectivity index (χ0v) is 22.6. The van der Waals surface area contributed by atoms with Crippen molar-refractivity contribution in [3.8, 4) is 28.4 Å². The van der Waals surface area contributed by atoms with Gasteiger partial charge in [-0.25, -0.2) is 4.68 Å². The van der Waals surface area contributed by atoms with Crippen molar-refractivity contribution in [2.45, 2.75) is 6.92 Å². The van der Waals surface area contributed by atoms with Crippen LogP contribution in [0, 0.1) is 0 Å². The maximum absolute atomic E-state index is 13.3. The van der Waals surface area contributed by atoms with Crippen LogP contribution in [0.5, 0.6) is 11.5 Å². The number of ether oxygens (including phenoxy) is 2. The molecule has 0 unspecified atom stereocenters. The first-order valence-electron chi connectivity index (χ1n) is 11.8. The Labute approximate surface area is 230 Å². The van der Waals surface area contributed by atoms with Crippen LogP contribution in [0.25, 0.3) is 16.9 Å². The highest BCUT2D eigenvalue weighted by Crippen LogP contribution is 2.29. The molecule has 0 fully saturated rings. The Balaban J connectivity index is 1.61. The molecule has 10 heteroatoms. The van der Waals surface area contributed by atoms with Gasteiger partial charge in [0.15, 0.2) is 0 Å². The first-order chi connectivity index (χ1) is 18.3. The molecule has 196 valence electrons. The number of likely N-dealkylation sites (N-methyl/N-ethyl adjacent to an activating group) is 1. The molecule has 0 radical (unpaired) electrons. The van der Waals surface area contributed by atoms with E-state index in [4.69, 9.17) is 32.7 Å². The summed E-state index contributed by atoms with van der Waals surface area (Å²) in [5.74, 6) is 0.596. The fourth-order valence-electron chi connectivity index (χ4n) is 3.86. The molecule has 3 aromatic carbocycles. The fourth-order valence-corrected chi connectivity index (χ4v) is 4.15. The number of aromatic nitrogens is 2. The quantitative estimate of drug-likeness (QED) is 0.276. The highest BCUT2D eigenvalue weighted by Gasteiger charge is 2.22. The second-order valence-electron chi connectivity index (χ2n) is 8.22. The third kappa shape index (κ3) is 5.93. The molecule has 0 saturated heterocycles.